The number of aromatic nitrogens is 1. The van der Waals surface area contributed by atoms with E-state index in [2.05, 4.69) is 15.1 Å². The molecule has 2 aromatic rings. The lowest BCUT2D eigenvalue weighted by atomic mass is 10.2. The van der Waals surface area contributed by atoms with Crippen LogP contribution in [-0.4, -0.2) is 20.5 Å². The number of nitrogens with zero attached hydrogens (tertiary/aromatic N) is 1. The minimum Gasteiger partial charge on any atom is -0.380 e. The van der Waals surface area contributed by atoms with Gasteiger partial charge in [-0.3, -0.25) is 4.72 Å². The Morgan fingerprint density at radius 2 is 2.00 bits per heavy atom. The van der Waals surface area contributed by atoms with Crippen molar-refractivity contribution < 1.29 is 13.2 Å². The second kappa shape index (κ2) is 6.53. The summed E-state index contributed by atoms with van der Waals surface area (Å²) in [6.07, 6.45) is 1.45. The van der Waals surface area contributed by atoms with Crippen molar-refractivity contribution in [1.82, 2.24) is 4.98 Å². The molecule has 0 radical (unpaired) electrons. The largest absolute Gasteiger partial charge is 0.380 e. The number of pyridine rings is 1. The zero-order valence-corrected chi connectivity index (χ0v) is 12.2. The maximum atomic E-state index is 12.5. The predicted molar refractivity (Wildman–Crippen MR) is 80.0 cm³/mol. The summed E-state index contributed by atoms with van der Waals surface area (Å²) >= 11 is 0. The van der Waals surface area contributed by atoms with Crippen LogP contribution in [0, 0.1) is 0 Å². The molecule has 0 atom stereocenters. The van der Waals surface area contributed by atoms with Gasteiger partial charge in [-0.15, -0.1) is 0 Å². The van der Waals surface area contributed by atoms with E-state index in [1.54, 1.807) is 25.3 Å². The predicted octanol–water partition coefficient (Wildman–Crippen LogP) is 1.31. The standard InChI is InChI=1S/C13H16N4O3S/c1-20-9-10-5-2-3-6-11(10)17-21(18,19)12-7-4-8-15-13(12)16-14/h2-8,17H,9,14H2,1H3,(H,15,16). The van der Waals surface area contributed by atoms with Crippen molar-refractivity contribution >= 4 is 21.5 Å². The number of para-hydroxylation sites is 1. The number of hydrogen-bond acceptors (Lipinski definition) is 6. The molecular formula is C13H16N4O3S. The highest BCUT2D eigenvalue weighted by atomic mass is 32.2. The summed E-state index contributed by atoms with van der Waals surface area (Å²) in [4.78, 5) is 3.86. The lowest BCUT2D eigenvalue weighted by molar-refractivity contribution is 0.185. The summed E-state index contributed by atoms with van der Waals surface area (Å²) in [7, 11) is -2.26. The lowest BCUT2D eigenvalue weighted by Crippen LogP contribution is -2.19. The second-order valence-corrected chi connectivity index (χ2v) is 5.84. The molecule has 0 saturated heterocycles. The number of hydrazine groups is 1. The summed E-state index contributed by atoms with van der Waals surface area (Å²) in [5.74, 6) is 5.37. The fourth-order valence-electron chi connectivity index (χ4n) is 1.82. The third-order valence-corrected chi connectivity index (χ3v) is 4.16. The van der Waals surface area contributed by atoms with Crippen molar-refractivity contribution in [3.05, 3.63) is 48.2 Å². The number of benzene rings is 1. The number of nitrogens with one attached hydrogen (secondary N) is 2. The lowest BCUT2D eigenvalue weighted by Gasteiger charge is -2.13. The smallest absolute Gasteiger partial charge is 0.265 e. The fourth-order valence-corrected chi connectivity index (χ4v) is 3.04. The van der Waals surface area contributed by atoms with E-state index in [9.17, 15) is 8.42 Å². The Hall–Kier alpha value is -2.16. The van der Waals surface area contributed by atoms with Crippen LogP contribution in [-0.2, 0) is 21.4 Å². The number of ether oxygens (including phenoxy) is 1. The Balaban J connectivity index is 2.38. The molecule has 0 unspecified atom stereocenters. The minimum atomic E-state index is -3.81. The minimum absolute atomic E-state index is 0.0280. The van der Waals surface area contributed by atoms with Crippen LogP contribution < -0.4 is 16.0 Å². The maximum Gasteiger partial charge on any atom is 0.265 e. The molecule has 0 bridgehead atoms. The fraction of sp³-hybridized carbons (Fsp3) is 0.154. The van der Waals surface area contributed by atoms with E-state index >= 15 is 0 Å². The molecule has 4 N–H and O–H groups in total. The Labute approximate surface area is 123 Å². The zero-order valence-electron chi connectivity index (χ0n) is 11.4. The van der Waals surface area contributed by atoms with Crippen molar-refractivity contribution in [1.29, 1.82) is 0 Å². The number of rotatable bonds is 6. The molecule has 0 aliphatic rings. The van der Waals surface area contributed by atoms with Gasteiger partial charge >= 0.3 is 0 Å². The van der Waals surface area contributed by atoms with Gasteiger partial charge in [0.25, 0.3) is 10.0 Å². The molecule has 0 fully saturated rings. The number of nitrogens with two attached hydrogens (primary N) is 1. The highest BCUT2D eigenvalue weighted by Crippen LogP contribution is 2.23. The first-order valence-electron chi connectivity index (χ1n) is 6.10. The first-order valence-corrected chi connectivity index (χ1v) is 7.58. The Morgan fingerprint density at radius 1 is 1.24 bits per heavy atom. The topological polar surface area (TPSA) is 106 Å². The molecular weight excluding hydrogens is 292 g/mol. The maximum absolute atomic E-state index is 12.5. The van der Waals surface area contributed by atoms with Crippen LogP contribution >= 0.6 is 0 Å². The number of hydrogen-bond donors (Lipinski definition) is 3. The Bertz CT molecular complexity index is 719. The third-order valence-electron chi connectivity index (χ3n) is 2.76. The van der Waals surface area contributed by atoms with Crippen molar-refractivity contribution in [2.75, 3.05) is 17.3 Å². The van der Waals surface area contributed by atoms with E-state index in [0.29, 0.717) is 12.3 Å². The van der Waals surface area contributed by atoms with Crippen LogP contribution in [0.1, 0.15) is 5.56 Å². The zero-order chi connectivity index (χ0) is 15.3. The van der Waals surface area contributed by atoms with Crippen LogP contribution in [0.15, 0.2) is 47.5 Å². The average molecular weight is 308 g/mol. The summed E-state index contributed by atoms with van der Waals surface area (Å²) in [5.41, 5.74) is 3.45. The molecule has 112 valence electrons. The van der Waals surface area contributed by atoms with Gasteiger partial charge in [-0.1, -0.05) is 18.2 Å². The van der Waals surface area contributed by atoms with Crippen LogP contribution in [0.3, 0.4) is 0 Å². The molecule has 2 rings (SSSR count). The van der Waals surface area contributed by atoms with Gasteiger partial charge in [-0.05, 0) is 18.2 Å². The normalized spacial score (nSPS) is 11.1. The summed E-state index contributed by atoms with van der Waals surface area (Å²) < 4.78 is 32.5. The number of anilines is 2. The van der Waals surface area contributed by atoms with Gasteiger partial charge in [-0.2, -0.15) is 0 Å². The SMILES string of the molecule is COCc1ccccc1NS(=O)(=O)c1cccnc1NN. The molecule has 0 aliphatic heterocycles. The number of sulfonamides is 1. The van der Waals surface area contributed by atoms with Gasteiger partial charge in [0.2, 0.25) is 0 Å². The summed E-state index contributed by atoms with van der Waals surface area (Å²) in [6.45, 7) is 0.299. The van der Waals surface area contributed by atoms with Crippen LogP contribution in [0.25, 0.3) is 0 Å². The molecule has 0 amide bonds. The van der Waals surface area contributed by atoms with E-state index in [1.807, 2.05) is 6.07 Å². The molecule has 21 heavy (non-hydrogen) atoms. The van der Waals surface area contributed by atoms with Crippen LogP contribution in [0.2, 0.25) is 0 Å². The van der Waals surface area contributed by atoms with E-state index in [0.717, 1.165) is 5.56 Å². The molecule has 7 nitrogen and oxygen atoms in total. The van der Waals surface area contributed by atoms with Crippen LogP contribution in [0.5, 0.6) is 0 Å². The van der Waals surface area contributed by atoms with Crippen molar-refractivity contribution in [3.8, 4) is 0 Å². The molecule has 1 aromatic carbocycles. The first-order chi connectivity index (χ1) is 10.1. The van der Waals surface area contributed by atoms with E-state index in [-0.39, 0.29) is 10.7 Å². The molecule has 1 aromatic heterocycles. The highest BCUT2D eigenvalue weighted by Gasteiger charge is 2.20. The van der Waals surface area contributed by atoms with Gasteiger partial charge < -0.3 is 10.2 Å². The molecule has 0 saturated carbocycles. The molecule has 1 heterocycles. The van der Waals surface area contributed by atoms with E-state index in [4.69, 9.17) is 10.6 Å². The van der Waals surface area contributed by atoms with Crippen molar-refractivity contribution in [2.45, 2.75) is 11.5 Å². The second-order valence-electron chi connectivity index (χ2n) is 4.19. The molecule has 0 spiro atoms. The summed E-state index contributed by atoms with van der Waals surface area (Å²) in [5, 5.41) is 0. The third kappa shape index (κ3) is 3.48. The molecule has 0 aliphatic carbocycles. The molecule has 8 heteroatoms. The van der Waals surface area contributed by atoms with Gasteiger partial charge in [0.05, 0.1) is 12.3 Å². The van der Waals surface area contributed by atoms with E-state index < -0.39 is 10.0 Å². The Kier molecular flexibility index (Phi) is 4.73. The van der Waals surface area contributed by atoms with Gasteiger partial charge in [0, 0.05) is 18.9 Å². The first kappa shape index (κ1) is 15.2. The number of methoxy groups -OCH3 is 1. The average Bonchev–Trinajstić information content (AvgIpc) is 2.49. The highest BCUT2D eigenvalue weighted by molar-refractivity contribution is 7.92. The van der Waals surface area contributed by atoms with Gasteiger partial charge in [0.1, 0.15) is 4.90 Å². The monoisotopic (exact) mass is 308 g/mol. The van der Waals surface area contributed by atoms with E-state index in [1.165, 1.54) is 18.3 Å². The Morgan fingerprint density at radius 3 is 2.71 bits per heavy atom. The number of nitrogen functional groups attached to an aromatic ring is 1. The van der Waals surface area contributed by atoms with Gasteiger partial charge in [0.15, 0.2) is 5.82 Å². The quantitative estimate of drug-likeness (QED) is 0.549. The summed E-state index contributed by atoms with van der Waals surface area (Å²) in [6, 6.07) is 9.94. The van der Waals surface area contributed by atoms with Crippen LogP contribution in [0.4, 0.5) is 11.5 Å². The van der Waals surface area contributed by atoms with Crippen molar-refractivity contribution in [3.63, 3.8) is 0 Å². The van der Waals surface area contributed by atoms with Gasteiger partial charge in [-0.25, -0.2) is 19.2 Å². The van der Waals surface area contributed by atoms with Crippen molar-refractivity contribution in [2.24, 2.45) is 5.84 Å².